The Kier molecular flexibility index (Phi) is 5.26. The summed E-state index contributed by atoms with van der Waals surface area (Å²) < 4.78 is 0. The Morgan fingerprint density at radius 2 is 2.12 bits per heavy atom. The fourth-order valence-electron chi connectivity index (χ4n) is 2.20. The number of likely N-dealkylation sites (tertiary alicyclic amines) is 1. The molecular weight excluding hydrogens is 200 g/mol. The summed E-state index contributed by atoms with van der Waals surface area (Å²) in [6, 6.07) is 0.554. The molecular formula is C13H26N2O. The van der Waals surface area contributed by atoms with Crippen molar-refractivity contribution in [3.63, 3.8) is 0 Å². The number of nitrogens with zero attached hydrogens (tertiary/aromatic N) is 1. The molecule has 0 spiro atoms. The number of rotatable bonds is 6. The maximum Gasteiger partial charge on any atom is 0.222 e. The zero-order valence-corrected chi connectivity index (χ0v) is 11.1. The monoisotopic (exact) mass is 226 g/mol. The molecule has 16 heavy (non-hydrogen) atoms. The summed E-state index contributed by atoms with van der Waals surface area (Å²) in [5.41, 5.74) is 0. The Hall–Kier alpha value is -0.570. The van der Waals surface area contributed by atoms with Crippen LogP contribution in [-0.4, -0.2) is 37.0 Å². The first-order chi connectivity index (χ1) is 7.54. The van der Waals surface area contributed by atoms with Gasteiger partial charge in [-0.25, -0.2) is 0 Å². The maximum atomic E-state index is 11.7. The van der Waals surface area contributed by atoms with Gasteiger partial charge in [0.05, 0.1) is 0 Å². The highest BCUT2D eigenvalue weighted by Crippen LogP contribution is 2.24. The second-order valence-corrected chi connectivity index (χ2v) is 5.38. The smallest absolute Gasteiger partial charge is 0.222 e. The van der Waals surface area contributed by atoms with Gasteiger partial charge < -0.3 is 10.2 Å². The molecule has 1 aliphatic rings. The van der Waals surface area contributed by atoms with E-state index in [-0.39, 0.29) is 0 Å². The molecule has 1 fully saturated rings. The Bertz CT molecular complexity index is 228. The molecule has 1 N–H and O–H groups in total. The van der Waals surface area contributed by atoms with E-state index in [0.717, 1.165) is 32.4 Å². The highest BCUT2D eigenvalue weighted by atomic mass is 16.2. The number of carbonyl (C=O) groups excluding carboxylic acids is 1. The summed E-state index contributed by atoms with van der Waals surface area (Å²) in [4.78, 5) is 13.8. The number of nitrogens with one attached hydrogen (secondary N) is 1. The van der Waals surface area contributed by atoms with Gasteiger partial charge in [0, 0.05) is 25.6 Å². The average Bonchev–Trinajstić information content (AvgIpc) is 2.60. The summed E-state index contributed by atoms with van der Waals surface area (Å²) in [6.45, 7) is 8.52. The van der Waals surface area contributed by atoms with E-state index >= 15 is 0 Å². The fraction of sp³-hybridized carbons (Fsp3) is 0.923. The van der Waals surface area contributed by atoms with E-state index in [1.54, 1.807) is 0 Å². The molecule has 1 aliphatic heterocycles. The Morgan fingerprint density at radius 3 is 2.62 bits per heavy atom. The molecule has 0 aromatic carbocycles. The normalized spacial score (nSPS) is 23.2. The van der Waals surface area contributed by atoms with E-state index in [9.17, 15) is 4.79 Å². The van der Waals surface area contributed by atoms with Crippen LogP contribution < -0.4 is 5.32 Å². The summed E-state index contributed by atoms with van der Waals surface area (Å²) in [6.07, 6.45) is 3.02. The first-order valence-corrected chi connectivity index (χ1v) is 6.49. The lowest BCUT2D eigenvalue weighted by Crippen LogP contribution is -2.29. The van der Waals surface area contributed by atoms with Gasteiger partial charge in [0.2, 0.25) is 5.91 Å². The molecule has 2 unspecified atom stereocenters. The zero-order chi connectivity index (χ0) is 12.1. The highest BCUT2D eigenvalue weighted by molar-refractivity contribution is 5.78. The molecule has 0 aromatic heterocycles. The Morgan fingerprint density at radius 1 is 1.44 bits per heavy atom. The minimum absolute atomic E-state index is 0.357. The molecule has 3 nitrogen and oxygen atoms in total. The summed E-state index contributed by atoms with van der Waals surface area (Å²) in [5, 5.41) is 3.23. The molecule has 0 aliphatic carbocycles. The van der Waals surface area contributed by atoms with E-state index in [4.69, 9.17) is 0 Å². The fourth-order valence-corrected chi connectivity index (χ4v) is 2.20. The molecule has 1 saturated heterocycles. The van der Waals surface area contributed by atoms with E-state index in [1.807, 2.05) is 11.9 Å². The lowest BCUT2D eigenvalue weighted by molar-refractivity contribution is -0.127. The van der Waals surface area contributed by atoms with Gasteiger partial charge in [-0.05, 0) is 38.6 Å². The highest BCUT2D eigenvalue weighted by Gasteiger charge is 2.30. The minimum Gasteiger partial charge on any atom is -0.342 e. The third-order valence-electron chi connectivity index (χ3n) is 3.75. The third kappa shape index (κ3) is 3.78. The van der Waals surface area contributed by atoms with Crippen LogP contribution in [0.1, 0.15) is 40.0 Å². The van der Waals surface area contributed by atoms with Crippen LogP contribution in [-0.2, 0) is 4.79 Å². The lowest BCUT2D eigenvalue weighted by atomic mass is 9.95. The van der Waals surface area contributed by atoms with Crippen LogP contribution in [0.15, 0.2) is 0 Å². The van der Waals surface area contributed by atoms with Crippen molar-refractivity contribution in [2.75, 3.05) is 20.1 Å². The van der Waals surface area contributed by atoms with Crippen molar-refractivity contribution in [1.82, 2.24) is 10.2 Å². The summed E-state index contributed by atoms with van der Waals surface area (Å²) >= 11 is 0. The van der Waals surface area contributed by atoms with Crippen LogP contribution in [0.25, 0.3) is 0 Å². The van der Waals surface area contributed by atoms with Crippen molar-refractivity contribution in [1.29, 1.82) is 0 Å². The Balaban J connectivity index is 2.25. The van der Waals surface area contributed by atoms with Gasteiger partial charge >= 0.3 is 0 Å². The van der Waals surface area contributed by atoms with Crippen LogP contribution in [0, 0.1) is 11.8 Å². The second kappa shape index (κ2) is 6.24. The molecule has 1 amide bonds. The molecule has 94 valence electrons. The van der Waals surface area contributed by atoms with Crippen molar-refractivity contribution in [3.05, 3.63) is 0 Å². The van der Waals surface area contributed by atoms with Gasteiger partial charge in [0.1, 0.15) is 0 Å². The first kappa shape index (κ1) is 13.5. The van der Waals surface area contributed by atoms with Crippen LogP contribution >= 0.6 is 0 Å². The van der Waals surface area contributed by atoms with Crippen LogP contribution in [0.3, 0.4) is 0 Å². The lowest BCUT2D eigenvalue weighted by Gasteiger charge is -2.19. The minimum atomic E-state index is 0.357. The molecule has 1 rings (SSSR count). The van der Waals surface area contributed by atoms with Gasteiger partial charge in [-0.1, -0.05) is 13.8 Å². The van der Waals surface area contributed by atoms with E-state index in [2.05, 4.69) is 26.1 Å². The number of carbonyl (C=O) groups is 1. The second-order valence-electron chi connectivity index (χ2n) is 5.38. The van der Waals surface area contributed by atoms with Gasteiger partial charge in [-0.15, -0.1) is 0 Å². The van der Waals surface area contributed by atoms with Crippen molar-refractivity contribution in [2.45, 2.75) is 46.1 Å². The average molecular weight is 226 g/mol. The predicted octanol–water partition coefficient (Wildman–Crippen LogP) is 1.88. The van der Waals surface area contributed by atoms with Gasteiger partial charge in [-0.2, -0.15) is 0 Å². The molecule has 2 atom stereocenters. The van der Waals surface area contributed by atoms with Gasteiger partial charge in [0.15, 0.2) is 0 Å². The number of hydrogen-bond donors (Lipinski definition) is 1. The van der Waals surface area contributed by atoms with Crippen molar-refractivity contribution >= 4 is 5.91 Å². The molecule has 3 heteroatoms. The topological polar surface area (TPSA) is 32.3 Å². The summed E-state index contributed by atoms with van der Waals surface area (Å²) in [7, 11) is 1.99. The largest absolute Gasteiger partial charge is 0.342 e. The van der Waals surface area contributed by atoms with E-state index in [1.165, 1.54) is 0 Å². The van der Waals surface area contributed by atoms with E-state index in [0.29, 0.717) is 23.8 Å². The number of hydrogen-bond acceptors (Lipinski definition) is 2. The van der Waals surface area contributed by atoms with Gasteiger partial charge in [-0.3, -0.25) is 4.79 Å². The quantitative estimate of drug-likeness (QED) is 0.750. The maximum absolute atomic E-state index is 11.7. The van der Waals surface area contributed by atoms with Crippen LogP contribution in [0.5, 0.6) is 0 Å². The molecule has 0 bridgehead atoms. The molecule has 0 aromatic rings. The molecule has 0 saturated carbocycles. The zero-order valence-electron chi connectivity index (χ0n) is 11.1. The molecule has 0 radical (unpaired) electrons. The van der Waals surface area contributed by atoms with E-state index < -0.39 is 0 Å². The van der Waals surface area contributed by atoms with Crippen LogP contribution in [0.2, 0.25) is 0 Å². The standard InChI is InChI=1S/C13H26N2O/c1-10(2)12-8-13(16)15(9-12)7-5-6-11(3)14-4/h10-12,14H,5-9H2,1-4H3. The Labute approximate surface area is 99.6 Å². The number of amides is 1. The SMILES string of the molecule is CNC(C)CCCN1CC(C(C)C)CC1=O. The van der Waals surface area contributed by atoms with Crippen LogP contribution in [0.4, 0.5) is 0 Å². The van der Waals surface area contributed by atoms with Crippen molar-refractivity contribution in [3.8, 4) is 0 Å². The molecule has 1 heterocycles. The van der Waals surface area contributed by atoms with Gasteiger partial charge in [0.25, 0.3) is 0 Å². The third-order valence-corrected chi connectivity index (χ3v) is 3.75. The predicted molar refractivity (Wildman–Crippen MR) is 67.3 cm³/mol. The van der Waals surface area contributed by atoms with Crippen molar-refractivity contribution in [2.24, 2.45) is 11.8 Å². The first-order valence-electron chi connectivity index (χ1n) is 6.49. The van der Waals surface area contributed by atoms with Crippen molar-refractivity contribution < 1.29 is 4.79 Å². The summed E-state index contributed by atoms with van der Waals surface area (Å²) in [5.74, 6) is 1.57.